The first-order valence-electron chi connectivity index (χ1n) is 14.4. The maximum atomic E-state index is 13.9. The van der Waals surface area contributed by atoms with Crippen LogP contribution in [0, 0.1) is 42.4 Å². The number of nitrogens with zero attached hydrogens (tertiary/aromatic N) is 2. The highest BCUT2D eigenvalue weighted by Crippen LogP contribution is 2.65. The Hall–Kier alpha value is -3.99. The van der Waals surface area contributed by atoms with Crippen molar-refractivity contribution in [2.75, 3.05) is 6.54 Å². The molecule has 9 nitrogen and oxygen atoms in total. The first-order valence-corrected chi connectivity index (χ1v) is 16.6. The van der Waals surface area contributed by atoms with Gasteiger partial charge in [-0.25, -0.2) is 5.01 Å². The van der Waals surface area contributed by atoms with Gasteiger partial charge in [0.25, 0.3) is 17.7 Å². The van der Waals surface area contributed by atoms with E-state index in [0.29, 0.717) is 11.8 Å². The molecule has 1 aliphatic heterocycles. The van der Waals surface area contributed by atoms with E-state index in [1.807, 2.05) is 19.1 Å². The number of hydrogen-bond donors (Lipinski definition) is 0. The van der Waals surface area contributed by atoms with Crippen molar-refractivity contribution in [1.29, 1.82) is 0 Å². The van der Waals surface area contributed by atoms with Gasteiger partial charge < -0.3 is 4.18 Å². The molecule has 0 spiro atoms. The van der Waals surface area contributed by atoms with E-state index in [1.165, 1.54) is 54.6 Å². The molecular formula is C33H26Cl2N2O7S. The summed E-state index contributed by atoms with van der Waals surface area (Å²) in [6.45, 7) is 1.18. The average molecular weight is 666 g/mol. The number of carbonyl (C=O) groups excluding carboxylic acids is 4. The van der Waals surface area contributed by atoms with Crippen molar-refractivity contribution in [3.8, 4) is 5.75 Å². The molecular weight excluding hydrogens is 639 g/mol. The maximum absolute atomic E-state index is 13.9. The number of rotatable bonds is 8. The van der Waals surface area contributed by atoms with E-state index >= 15 is 0 Å². The Labute approximate surface area is 269 Å². The summed E-state index contributed by atoms with van der Waals surface area (Å²) < 4.78 is 30.6. The second-order valence-corrected chi connectivity index (χ2v) is 14.3. The molecule has 2 bridgehead atoms. The fraction of sp³-hybridized carbons (Fsp3) is 0.273. The molecule has 12 heteroatoms. The van der Waals surface area contributed by atoms with Crippen LogP contribution in [0.15, 0.2) is 83.8 Å². The van der Waals surface area contributed by atoms with Gasteiger partial charge in [0.15, 0.2) is 5.78 Å². The first-order chi connectivity index (χ1) is 21.4. The molecule has 3 aromatic rings. The summed E-state index contributed by atoms with van der Waals surface area (Å²) in [7, 11) is -4.12. The van der Waals surface area contributed by atoms with E-state index in [0.717, 1.165) is 22.0 Å². The van der Waals surface area contributed by atoms with Crippen molar-refractivity contribution in [1.82, 2.24) is 10.0 Å². The molecule has 2 saturated carbocycles. The van der Waals surface area contributed by atoms with Gasteiger partial charge in [-0.1, -0.05) is 53.1 Å². The zero-order valence-corrected chi connectivity index (χ0v) is 26.1. The maximum Gasteiger partial charge on any atom is 0.339 e. The Morgan fingerprint density at radius 1 is 0.889 bits per heavy atom. The predicted molar refractivity (Wildman–Crippen MR) is 164 cm³/mol. The minimum atomic E-state index is -4.12. The molecule has 1 heterocycles. The number of allylic oxidation sites excluding steroid dienone is 2. The Bertz CT molecular complexity index is 1870. The Morgan fingerprint density at radius 2 is 1.49 bits per heavy atom. The van der Waals surface area contributed by atoms with Crippen molar-refractivity contribution in [2.45, 2.75) is 18.2 Å². The number of hydrogen-bond acceptors (Lipinski definition) is 7. The second kappa shape index (κ2) is 10.8. The van der Waals surface area contributed by atoms with E-state index in [1.54, 1.807) is 12.1 Å². The Kier molecular flexibility index (Phi) is 7.14. The van der Waals surface area contributed by atoms with Gasteiger partial charge >= 0.3 is 10.1 Å². The molecule has 4 aliphatic carbocycles. The SMILES string of the molecule is Cc1ccc(S(=O)(=O)Oc2ccc(C(=O)CN(C(=O)c3ccc(Cl)cc3Cl)N3C(=O)[C@@H]4[C@H]5C=C[C@@H]([C@@H]6C[C@@H]56)[C@@H]4C3=O)cc2)cc1. The van der Waals surface area contributed by atoms with Crippen LogP contribution in [0.25, 0.3) is 0 Å². The van der Waals surface area contributed by atoms with Crippen LogP contribution in [-0.2, 0) is 19.7 Å². The van der Waals surface area contributed by atoms with Gasteiger partial charge in [0.1, 0.15) is 17.2 Å². The van der Waals surface area contributed by atoms with Crippen molar-refractivity contribution < 1.29 is 31.8 Å². The highest BCUT2D eigenvalue weighted by molar-refractivity contribution is 7.87. The summed E-state index contributed by atoms with van der Waals surface area (Å²) in [6, 6.07) is 15.7. The lowest BCUT2D eigenvalue weighted by molar-refractivity contribution is -0.154. The topological polar surface area (TPSA) is 118 Å². The number of amides is 3. The van der Waals surface area contributed by atoms with Gasteiger partial charge in [-0.3, -0.25) is 19.2 Å². The molecule has 3 fully saturated rings. The standard InChI is InChI=1S/C33H26Cl2N2O7S/c1-17-2-9-21(10-3-17)45(42,43)44-20-7-4-18(5-8-20)28(38)16-36(31(39)24-11-6-19(34)14-27(24)35)37-32(40)29-22-12-13-23(26-15-25(22)26)30(29)33(37)41/h2-14,22-23,25-26,29-30H,15-16H2,1H3/t22-,23-,25-,26-,29-,30+/m0/s1. The average Bonchev–Trinajstić information content (AvgIpc) is 3.79. The molecule has 6 atom stereocenters. The molecule has 3 aromatic carbocycles. The molecule has 230 valence electrons. The number of ketones is 1. The van der Waals surface area contributed by atoms with Gasteiger partial charge in [-0.15, -0.1) is 0 Å². The molecule has 5 aliphatic rings. The molecule has 0 unspecified atom stereocenters. The molecule has 0 radical (unpaired) electrons. The smallest absolute Gasteiger partial charge is 0.339 e. The third-order valence-electron chi connectivity index (χ3n) is 9.26. The normalized spacial score (nSPS) is 26.0. The van der Waals surface area contributed by atoms with Crippen molar-refractivity contribution >= 4 is 56.8 Å². The van der Waals surface area contributed by atoms with Crippen LogP contribution < -0.4 is 4.18 Å². The predicted octanol–water partition coefficient (Wildman–Crippen LogP) is 5.36. The van der Waals surface area contributed by atoms with E-state index in [4.69, 9.17) is 27.4 Å². The Balaban J connectivity index is 1.16. The highest BCUT2D eigenvalue weighted by atomic mass is 35.5. The number of benzene rings is 3. The lowest BCUT2D eigenvalue weighted by atomic mass is 9.63. The lowest BCUT2D eigenvalue weighted by Gasteiger charge is -2.37. The highest BCUT2D eigenvalue weighted by Gasteiger charge is 2.68. The summed E-state index contributed by atoms with van der Waals surface area (Å²) in [5, 5.41) is 1.99. The number of aryl methyl sites for hydroxylation is 1. The van der Waals surface area contributed by atoms with Crippen molar-refractivity contribution in [2.24, 2.45) is 35.5 Å². The zero-order valence-electron chi connectivity index (χ0n) is 23.8. The minimum absolute atomic E-state index is 0.000675. The molecule has 0 aromatic heterocycles. The van der Waals surface area contributed by atoms with E-state index in [2.05, 4.69) is 0 Å². The van der Waals surface area contributed by atoms with Gasteiger partial charge in [0.05, 0.1) is 22.4 Å². The molecule has 45 heavy (non-hydrogen) atoms. The molecule has 3 amide bonds. The summed E-state index contributed by atoms with van der Waals surface area (Å²) in [6.07, 6.45) is 5.01. The van der Waals surface area contributed by atoms with Crippen molar-refractivity contribution in [3.63, 3.8) is 0 Å². The van der Waals surface area contributed by atoms with Gasteiger partial charge in [0, 0.05) is 10.6 Å². The second-order valence-electron chi connectivity index (χ2n) is 11.9. The Morgan fingerprint density at radius 3 is 2.07 bits per heavy atom. The van der Waals surface area contributed by atoms with Crippen LogP contribution in [-0.4, -0.2) is 48.5 Å². The molecule has 1 saturated heterocycles. The summed E-state index contributed by atoms with van der Waals surface area (Å²) in [5.74, 6) is -3.08. The van der Waals surface area contributed by atoms with E-state index in [9.17, 15) is 27.6 Å². The number of Topliss-reactive ketones (excluding diaryl/α,β-unsaturated/α-hetero) is 1. The number of halogens is 2. The number of imide groups is 1. The summed E-state index contributed by atoms with van der Waals surface area (Å²) in [4.78, 5) is 55.3. The van der Waals surface area contributed by atoms with Crippen LogP contribution in [0.3, 0.4) is 0 Å². The summed E-state index contributed by atoms with van der Waals surface area (Å²) >= 11 is 12.4. The zero-order chi connectivity index (χ0) is 31.8. The fourth-order valence-electron chi connectivity index (χ4n) is 7.02. The van der Waals surface area contributed by atoms with E-state index in [-0.39, 0.29) is 43.7 Å². The van der Waals surface area contributed by atoms with Crippen LogP contribution in [0.4, 0.5) is 0 Å². The number of hydrazine groups is 1. The van der Waals surface area contributed by atoms with Crippen molar-refractivity contribution in [3.05, 3.63) is 106 Å². The molecule has 8 rings (SSSR count). The first kappa shape index (κ1) is 29.7. The van der Waals surface area contributed by atoms with Crippen LogP contribution >= 0.6 is 23.2 Å². The third-order valence-corrected chi connectivity index (χ3v) is 11.1. The largest absolute Gasteiger partial charge is 0.379 e. The lowest BCUT2D eigenvalue weighted by Crippen LogP contribution is -2.52. The van der Waals surface area contributed by atoms with E-state index < -0.39 is 52.0 Å². The minimum Gasteiger partial charge on any atom is -0.379 e. The van der Waals surface area contributed by atoms with Crippen LogP contribution in [0.2, 0.25) is 10.0 Å². The quantitative estimate of drug-likeness (QED) is 0.138. The fourth-order valence-corrected chi connectivity index (χ4v) is 8.44. The molecule has 0 N–H and O–H groups in total. The number of carbonyl (C=O) groups is 4. The third kappa shape index (κ3) is 5.05. The van der Waals surface area contributed by atoms with Gasteiger partial charge in [-0.2, -0.15) is 13.4 Å². The van der Waals surface area contributed by atoms with Gasteiger partial charge in [0.2, 0.25) is 0 Å². The van der Waals surface area contributed by atoms with Crippen LogP contribution in [0.1, 0.15) is 32.7 Å². The summed E-state index contributed by atoms with van der Waals surface area (Å²) in [5.41, 5.74) is 0.965. The van der Waals surface area contributed by atoms with Gasteiger partial charge in [-0.05, 0) is 91.6 Å². The monoisotopic (exact) mass is 664 g/mol. The van der Waals surface area contributed by atoms with Crippen LogP contribution in [0.5, 0.6) is 5.75 Å².